The van der Waals surface area contributed by atoms with E-state index < -0.39 is 0 Å². The standard InChI is InChI=1S/C24H25N5O/c30-23(13-16-28-15-12-18-7-3-4-10-21(18)28)25-20-9-6-8-19(17-20)24-27-26-22-11-2-1-5-14-29(22)24/h3-4,6-10,12,15,17H,1-2,5,11,13-14,16H2,(H,25,30). The summed E-state index contributed by atoms with van der Waals surface area (Å²) in [4.78, 5) is 12.6. The van der Waals surface area contributed by atoms with E-state index in [4.69, 9.17) is 0 Å². The van der Waals surface area contributed by atoms with Crippen molar-refractivity contribution in [1.29, 1.82) is 0 Å². The molecule has 0 saturated heterocycles. The molecule has 1 N–H and O–H groups in total. The Labute approximate surface area is 175 Å². The number of amides is 1. The van der Waals surface area contributed by atoms with E-state index in [1.54, 1.807) is 0 Å². The summed E-state index contributed by atoms with van der Waals surface area (Å²) in [7, 11) is 0. The van der Waals surface area contributed by atoms with Gasteiger partial charge in [-0.2, -0.15) is 0 Å². The lowest BCUT2D eigenvalue weighted by Gasteiger charge is -2.10. The summed E-state index contributed by atoms with van der Waals surface area (Å²) >= 11 is 0. The van der Waals surface area contributed by atoms with Gasteiger partial charge in [-0.1, -0.05) is 36.8 Å². The molecule has 0 aliphatic carbocycles. The van der Waals surface area contributed by atoms with Crippen molar-refractivity contribution in [2.75, 3.05) is 5.32 Å². The third-order valence-electron chi connectivity index (χ3n) is 5.77. The topological polar surface area (TPSA) is 64.7 Å². The lowest BCUT2D eigenvalue weighted by Crippen LogP contribution is -2.14. The molecule has 152 valence electrons. The van der Waals surface area contributed by atoms with E-state index in [0.29, 0.717) is 13.0 Å². The summed E-state index contributed by atoms with van der Waals surface area (Å²) in [5, 5.41) is 13.0. The Hall–Kier alpha value is -3.41. The maximum absolute atomic E-state index is 12.6. The summed E-state index contributed by atoms with van der Waals surface area (Å²) in [6.45, 7) is 1.61. The van der Waals surface area contributed by atoms with Crippen molar-refractivity contribution in [3.63, 3.8) is 0 Å². The third kappa shape index (κ3) is 3.73. The van der Waals surface area contributed by atoms with Gasteiger partial charge in [0.1, 0.15) is 5.82 Å². The van der Waals surface area contributed by atoms with E-state index in [2.05, 4.69) is 42.8 Å². The van der Waals surface area contributed by atoms with Crippen LogP contribution in [0.25, 0.3) is 22.3 Å². The second-order valence-corrected chi connectivity index (χ2v) is 7.85. The average molecular weight is 399 g/mol. The Bertz CT molecular complexity index is 1190. The molecule has 3 heterocycles. The van der Waals surface area contributed by atoms with Gasteiger partial charge in [0.2, 0.25) is 5.91 Å². The van der Waals surface area contributed by atoms with Gasteiger partial charge in [0.15, 0.2) is 5.82 Å². The first-order valence-corrected chi connectivity index (χ1v) is 10.6. The monoisotopic (exact) mass is 399 g/mol. The third-order valence-corrected chi connectivity index (χ3v) is 5.77. The van der Waals surface area contributed by atoms with Crippen molar-refractivity contribution in [3.8, 4) is 11.4 Å². The number of nitrogens with one attached hydrogen (secondary N) is 1. The highest BCUT2D eigenvalue weighted by Crippen LogP contribution is 2.25. The SMILES string of the molecule is O=C(CCn1ccc2ccccc21)Nc1cccc(-c2nnc3n2CCCCC3)c1. The molecular formula is C24H25N5O. The highest BCUT2D eigenvalue weighted by atomic mass is 16.1. The van der Waals surface area contributed by atoms with Crippen molar-refractivity contribution in [3.05, 3.63) is 66.6 Å². The van der Waals surface area contributed by atoms with E-state index in [1.165, 1.54) is 18.2 Å². The van der Waals surface area contributed by atoms with Crippen LogP contribution in [0.3, 0.4) is 0 Å². The van der Waals surface area contributed by atoms with E-state index in [-0.39, 0.29) is 5.91 Å². The predicted molar refractivity (Wildman–Crippen MR) is 118 cm³/mol. The number of anilines is 1. The van der Waals surface area contributed by atoms with Crippen molar-refractivity contribution in [2.45, 2.75) is 45.2 Å². The molecule has 0 bridgehead atoms. The molecular weight excluding hydrogens is 374 g/mol. The van der Waals surface area contributed by atoms with Gasteiger partial charge >= 0.3 is 0 Å². The average Bonchev–Trinajstić information content (AvgIpc) is 3.29. The van der Waals surface area contributed by atoms with Gasteiger partial charge in [-0.25, -0.2) is 0 Å². The zero-order chi connectivity index (χ0) is 20.3. The Morgan fingerprint density at radius 1 is 1.00 bits per heavy atom. The van der Waals surface area contributed by atoms with E-state index in [1.807, 2.05) is 42.6 Å². The molecule has 4 aromatic rings. The molecule has 1 amide bonds. The van der Waals surface area contributed by atoms with Gasteiger partial charge in [0, 0.05) is 48.9 Å². The van der Waals surface area contributed by atoms with Crippen molar-refractivity contribution in [2.24, 2.45) is 0 Å². The van der Waals surface area contributed by atoms with Crippen molar-refractivity contribution < 1.29 is 4.79 Å². The van der Waals surface area contributed by atoms with Gasteiger partial charge in [-0.3, -0.25) is 4.79 Å². The summed E-state index contributed by atoms with van der Waals surface area (Å²) < 4.78 is 4.35. The number of hydrogen-bond donors (Lipinski definition) is 1. The zero-order valence-electron chi connectivity index (χ0n) is 16.9. The minimum atomic E-state index is 0.00463. The van der Waals surface area contributed by atoms with Gasteiger partial charge in [0.05, 0.1) is 0 Å². The number of fused-ring (bicyclic) bond motifs is 2. The highest BCUT2D eigenvalue weighted by Gasteiger charge is 2.16. The van der Waals surface area contributed by atoms with Crippen molar-refractivity contribution >= 4 is 22.5 Å². The van der Waals surface area contributed by atoms with E-state index in [9.17, 15) is 4.79 Å². The molecule has 6 nitrogen and oxygen atoms in total. The molecule has 0 radical (unpaired) electrons. The normalized spacial score (nSPS) is 13.7. The van der Waals surface area contributed by atoms with Crippen LogP contribution in [0.5, 0.6) is 0 Å². The molecule has 30 heavy (non-hydrogen) atoms. The number of nitrogens with zero attached hydrogens (tertiary/aromatic N) is 4. The van der Waals surface area contributed by atoms with Gasteiger partial charge in [-0.05, 0) is 42.5 Å². The number of carbonyl (C=O) groups is 1. The molecule has 0 unspecified atom stereocenters. The Kier molecular flexibility index (Phi) is 5.05. The minimum absolute atomic E-state index is 0.00463. The van der Waals surface area contributed by atoms with Gasteiger partial charge in [0.25, 0.3) is 0 Å². The first-order chi connectivity index (χ1) is 14.8. The van der Waals surface area contributed by atoms with Crippen LogP contribution in [-0.4, -0.2) is 25.2 Å². The van der Waals surface area contributed by atoms with Crippen LogP contribution in [0.15, 0.2) is 60.8 Å². The Balaban J connectivity index is 1.28. The molecule has 2 aromatic heterocycles. The van der Waals surface area contributed by atoms with Gasteiger partial charge in [-0.15, -0.1) is 10.2 Å². The maximum Gasteiger partial charge on any atom is 0.226 e. The maximum atomic E-state index is 12.6. The number of aryl methyl sites for hydroxylation is 2. The summed E-state index contributed by atoms with van der Waals surface area (Å²) in [5.41, 5.74) is 2.94. The molecule has 6 heteroatoms. The minimum Gasteiger partial charge on any atom is -0.347 e. The number of benzene rings is 2. The Morgan fingerprint density at radius 3 is 2.90 bits per heavy atom. The first-order valence-electron chi connectivity index (χ1n) is 10.6. The van der Waals surface area contributed by atoms with Crippen LogP contribution in [0, 0.1) is 0 Å². The number of para-hydroxylation sites is 1. The summed E-state index contributed by atoms with van der Waals surface area (Å²) in [6.07, 6.45) is 7.00. The fraction of sp³-hybridized carbons (Fsp3) is 0.292. The fourth-order valence-corrected chi connectivity index (χ4v) is 4.22. The zero-order valence-corrected chi connectivity index (χ0v) is 16.9. The molecule has 0 atom stereocenters. The molecule has 5 rings (SSSR count). The fourth-order valence-electron chi connectivity index (χ4n) is 4.22. The van der Waals surface area contributed by atoms with Crippen LogP contribution in [-0.2, 0) is 24.3 Å². The molecule has 1 aliphatic heterocycles. The quantitative estimate of drug-likeness (QED) is 0.531. The number of aromatic nitrogens is 4. The largest absolute Gasteiger partial charge is 0.347 e. The number of hydrogen-bond acceptors (Lipinski definition) is 3. The summed E-state index contributed by atoms with van der Waals surface area (Å²) in [6, 6.07) is 18.2. The number of carbonyl (C=O) groups excluding carboxylic acids is 1. The van der Waals surface area contributed by atoms with E-state index in [0.717, 1.165) is 47.8 Å². The van der Waals surface area contributed by atoms with Gasteiger partial charge < -0.3 is 14.5 Å². The lowest BCUT2D eigenvalue weighted by molar-refractivity contribution is -0.116. The molecule has 1 aliphatic rings. The molecule has 2 aromatic carbocycles. The second kappa shape index (κ2) is 8.14. The predicted octanol–water partition coefficient (Wildman–Crippen LogP) is 4.66. The highest BCUT2D eigenvalue weighted by molar-refractivity contribution is 5.91. The van der Waals surface area contributed by atoms with Crippen LogP contribution in [0.4, 0.5) is 5.69 Å². The van der Waals surface area contributed by atoms with Crippen LogP contribution < -0.4 is 5.32 Å². The van der Waals surface area contributed by atoms with Crippen LogP contribution >= 0.6 is 0 Å². The Morgan fingerprint density at radius 2 is 1.93 bits per heavy atom. The van der Waals surface area contributed by atoms with Crippen LogP contribution in [0.1, 0.15) is 31.5 Å². The van der Waals surface area contributed by atoms with Crippen LogP contribution in [0.2, 0.25) is 0 Å². The van der Waals surface area contributed by atoms with E-state index >= 15 is 0 Å². The number of rotatable bonds is 5. The van der Waals surface area contributed by atoms with Crippen molar-refractivity contribution in [1.82, 2.24) is 19.3 Å². The summed E-state index contributed by atoms with van der Waals surface area (Å²) in [5.74, 6) is 1.96. The lowest BCUT2D eigenvalue weighted by atomic mass is 10.2. The molecule has 0 saturated carbocycles. The molecule has 0 spiro atoms. The molecule has 0 fully saturated rings. The second-order valence-electron chi connectivity index (χ2n) is 7.85. The smallest absolute Gasteiger partial charge is 0.226 e. The first kappa shape index (κ1) is 18.6.